The highest BCUT2D eigenvalue weighted by Gasteiger charge is 2.52. The molecule has 1 amide bonds. The van der Waals surface area contributed by atoms with Gasteiger partial charge >= 0.3 is 5.97 Å². The third-order valence-electron chi connectivity index (χ3n) is 5.82. The molecule has 1 aliphatic carbocycles. The fraction of sp³-hybridized carbons (Fsp3) is 0.619. The Bertz CT molecular complexity index is 677. The van der Waals surface area contributed by atoms with E-state index < -0.39 is 17.5 Å². The number of carbonyl (C=O) groups is 2. The SMILES string of the molecule is Cc1cc(C)cc(CCC(=O)N2CC[C@H](O)[C@](CC3CC3)(C(=O)O)C2)c1. The Morgan fingerprint density at radius 2 is 1.81 bits per heavy atom. The smallest absolute Gasteiger partial charge is 0.314 e. The number of carboxylic acids is 1. The van der Waals surface area contributed by atoms with Crippen LogP contribution in [-0.2, 0) is 16.0 Å². The summed E-state index contributed by atoms with van der Waals surface area (Å²) in [6.07, 6.45) is 3.04. The first-order chi connectivity index (χ1) is 12.3. The maximum absolute atomic E-state index is 12.7. The van der Waals surface area contributed by atoms with E-state index in [2.05, 4.69) is 18.2 Å². The van der Waals surface area contributed by atoms with Crippen molar-refractivity contribution in [3.63, 3.8) is 0 Å². The molecule has 26 heavy (non-hydrogen) atoms. The van der Waals surface area contributed by atoms with Crippen molar-refractivity contribution in [3.8, 4) is 0 Å². The fourth-order valence-corrected chi connectivity index (χ4v) is 4.25. The number of aliphatic hydroxyl groups excluding tert-OH is 1. The lowest BCUT2D eigenvalue weighted by atomic mass is 9.73. The highest BCUT2D eigenvalue weighted by atomic mass is 16.4. The zero-order valence-corrected chi connectivity index (χ0v) is 15.7. The summed E-state index contributed by atoms with van der Waals surface area (Å²) in [5.74, 6) is -0.604. The van der Waals surface area contributed by atoms with Gasteiger partial charge < -0.3 is 15.1 Å². The quantitative estimate of drug-likeness (QED) is 0.819. The second kappa shape index (κ2) is 7.39. The number of hydrogen-bond donors (Lipinski definition) is 2. The lowest BCUT2D eigenvalue weighted by Gasteiger charge is -2.43. The number of carboxylic acid groups (broad SMARTS) is 1. The van der Waals surface area contributed by atoms with Gasteiger partial charge in [-0.2, -0.15) is 0 Å². The summed E-state index contributed by atoms with van der Waals surface area (Å²) in [6.45, 7) is 4.66. The van der Waals surface area contributed by atoms with Gasteiger partial charge in [-0.3, -0.25) is 9.59 Å². The first kappa shape index (κ1) is 18.9. The monoisotopic (exact) mass is 359 g/mol. The Morgan fingerprint density at radius 1 is 1.15 bits per heavy atom. The minimum Gasteiger partial charge on any atom is -0.481 e. The Labute approximate surface area is 155 Å². The van der Waals surface area contributed by atoms with Crippen LogP contribution in [0.4, 0.5) is 0 Å². The molecule has 1 saturated carbocycles. The van der Waals surface area contributed by atoms with E-state index in [-0.39, 0.29) is 12.5 Å². The molecule has 142 valence electrons. The van der Waals surface area contributed by atoms with Gasteiger partial charge in [-0.15, -0.1) is 0 Å². The molecule has 2 fully saturated rings. The fourth-order valence-electron chi connectivity index (χ4n) is 4.25. The number of nitrogens with zero attached hydrogens (tertiary/aromatic N) is 1. The average Bonchev–Trinajstić information content (AvgIpc) is 3.37. The van der Waals surface area contributed by atoms with Crippen LogP contribution in [0.3, 0.4) is 0 Å². The van der Waals surface area contributed by atoms with Crippen molar-refractivity contribution in [1.82, 2.24) is 4.90 Å². The standard InChI is InChI=1S/C21H29NO4/c1-14-9-15(2)11-17(10-14)5-6-19(24)22-8-7-18(23)21(13-22,20(25)26)12-16-3-4-16/h9-11,16,18,23H,3-8,12-13H2,1-2H3,(H,25,26)/t18-,21+/m0/s1. The molecule has 0 unspecified atom stereocenters. The summed E-state index contributed by atoms with van der Waals surface area (Å²) in [7, 11) is 0. The molecular weight excluding hydrogens is 330 g/mol. The molecule has 1 aromatic carbocycles. The van der Waals surface area contributed by atoms with E-state index in [0.717, 1.165) is 18.4 Å². The van der Waals surface area contributed by atoms with Gasteiger partial charge in [0, 0.05) is 19.5 Å². The lowest BCUT2D eigenvalue weighted by molar-refractivity contribution is -0.167. The first-order valence-corrected chi connectivity index (χ1v) is 9.56. The number of carbonyl (C=O) groups excluding carboxylic acids is 1. The predicted molar refractivity (Wildman–Crippen MR) is 98.9 cm³/mol. The number of amides is 1. The molecular formula is C21H29NO4. The molecule has 1 saturated heterocycles. The van der Waals surface area contributed by atoms with Gasteiger partial charge in [-0.05, 0) is 44.6 Å². The van der Waals surface area contributed by atoms with Crippen molar-refractivity contribution in [2.45, 2.75) is 58.5 Å². The molecule has 0 spiro atoms. The highest BCUT2D eigenvalue weighted by Crippen LogP contribution is 2.45. The molecule has 0 bridgehead atoms. The van der Waals surface area contributed by atoms with Crippen molar-refractivity contribution < 1.29 is 19.8 Å². The molecule has 0 aromatic heterocycles. The van der Waals surface area contributed by atoms with E-state index in [4.69, 9.17) is 0 Å². The van der Waals surface area contributed by atoms with Crippen molar-refractivity contribution in [2.24, 2.45) is 11.3 Å². The summed E-state index contributed by atoms with van der Waals surface area (Å²) < 4.78 is 0. The molecule has 1 heterocycles. The van der Waals surface area contributed by atoms with Crippen LogP contribution in [0.5, 0.6) is 0 Å². The van der Waals surface area contributed by atoms with Gasteiger partial charge in [0.05, 0.1) is 6.10 Å². The van der Waals surface area contributed by atoms with Crippen LogP contribution < -0.4 is 0 Å². The third-order valence-corrected chi connectivity index (χ3v) is 5.82. The summed E-state index contributed by atoms with van der Waals surface area (Å²) in [4.78, 5) is 26.3. The minimum atomic E-state index is -1.20. The van der Waals surface area contributed by atoms with E-state index in [1.54, 1.807) is 4.90 Å². The second-order valence-electron chi connectivity index (χ2n) is 8.22. The van der Waals surface area contributed by atoms with Gasteiger partial charge in [0.15, 0.2) is 0 Å². The Hall–Kier alpha value is -1.88. The number of likely N-dealkylation sites (tertiary alicyclic amines) is 1. The average molecular weight is 359 g/mol. The van der Waals surface area contributed by atoms with Crippen molar-refractivity contribution in [2.75, 3.05) is 13.1 Å². The maximum Gasteiger partial charge on any atom is 0.314 e. The van der Waals surface area contributed by atoms with E-state index in [9.17, 15) is 19.8 Å². The topological polar surface area (TPSA) is 77.8 Å². The molecule has 3 rings (SSSR count). The van der Waals surface area contributed by atoms with Crippen LogP contribution >= 0.6 is 0 Å². The van der Waals surface area contributed by atoms with Gasteiger partial charge in [-0.1, -0.05) is 42.2 Å². The van der Waals surface area contributed by atoms with Gasteiger partial charge in [0.1, 0.15) is 5.41 Å². The molecule has 1 aromatic rings. The minimum absolute atomic E-state index is 0.0162. The van der Waals surface area contributed by atoms with E-state index in [0.29, 0.717) is 38.1 Å². The number of aliphatic hydroxyl groups is 1. The van der Waals surface area contributed by atoms with Crippen LogP contribution in [-0.4, -0.2) is 46.2 Å². The molecule has 0 radical (unpaired) electrons. The van der Waals surface area contributed by atoms with Crippen LogP contribution in [0.2, 0.25) is 0 Å². The van der Waals surface area contributed by atoms with Gasteiger partial charge in [0.25, 0.3) is 0 Å². The van der Waals surface area contributed by atoms with Crippen LogP contribution in [0.15, 0.2) is 18.2 Å². The van der Waals surface area contributed by atoms with Gasteiger partial charge in [-0.25, -0.2) is 0 Å². The van der Waals surface area contributed by atoms with Crippen molar-refractivity contribution in [3.05, 3.63) is 34.9 Å². The third kappa shape index (κ3) is 4.09. The second-order valence-corrected chi connectivity index (χ2v) is 8.22. The van der Waals surface area contributed by atoms with Crippen LogP contribution in [0, 0.1) is 25.2 Å². The van der Waals surface area contributed by atoms with E-state index in [1.165, 1.54) is 11.1 Å². The summed E-state index contributed by atoms with van der Waals surface area (Å²) in [6, 6.07) is 6.29. The predicted octanol–water partition coefficient (Wildman–Crippen LogP) is 2.70. The van der Waals surface area contributed by atoms with Crippen LogP contribution in [0.25, 0.3) is 0 Å². The van der Waals surface area contributed by atoms with Crippen molar-refractivity contribution in [1.29, 1.82) is 0 Å². The zero-order valence-electron chi connectivity index (χ0n) is 15.7. The molecule has 1 aliphatic heterocycles. The Balaban J connectivity index is 1.66. The maximum atomic E-state index is 12.7. The van der Waals surface area contributed by atoms with E-state index >= 15 is 0 Å². The number of hydrogen-bond acceptors (Lipinski definition) is 3. The Morgan fingerprint density at radius 3 is 2.38 bits per heavy atom. The highest BCUT2D eigenvalue weighted by molar-refractivity contribution is 5.80. The molecule has 5 nitrogen and oxygen atoms in total. The zero-order chi connectivity index (χ0) is 18.9. The number of benzene rings is 1. The number of aliphatic carboxylic acids is 1. The number of piperidine rings is 1. The Kier molecular flexibility index (Phi) is 5.37. The number of rotatable bonds is 6. The first-order valence-electron chi connectivity index (χ1n) is 9.56. The summed E-state index contributed by atoms with van der Waals surface area (Å²) >= 11 is 0. The molecule has 2 atom stereocenters. The van der Waals surface area contributed by atoms with E-state index in [1.807, 2.05) is 13.8 Å². The van der Waals surface area contributed by atoms with Crippen molar-refractivity contribution >= 4 is 11.9 Å². The largest absolute Gasteiger partial charge is 0.481 e. The summed E-state index contributed by atoms with van der Waals surface area (Å²) in [5.41, 5.74) is 2.30. The lowest BCUT2D eigenvalue weighted by Crippen LogP contribution is -2.57. The van der Waals surface area contributed by atoms with Crippen LogP contribution in [0.1, 0.15) is 48.8 Å². The molecule has 2 N–H and O–H groups in total. The summed E-state index contributed by atoms with van der Waals surface area (Å²) in [5, 5.41) is 20.2. The molecule has 2 aliphatic rings. The molecule has 5 heteroatoms. The number of aryl methyl sites for hydroxylation is 3. The normalized spacial score (nSPS) is 26.0. The van der Waals surface area contributed by atoms with Gasteiger partial charge in [0.2, 0.25) is 5.91 Å².